The molecule has 5 heteroatoms. The molecule has 1 heterocycles. The Hall–Kier alpha value is -1.10. The highest BCUT2D eigenvalue weighted by atomic mass is 32.1. The Kier molecular flexibility index (Phi) is 4.45. The Bertz CT molecular complexity index is 450. The summed E-state index contributed by atoms with van der Waals surface area (Å²) in [5, 5.41) is 10.0. The standard InChI is InChI=1S/C14H22N2O2S/c1-9(2)8-16(11-6-4-5-7-11)14-15-10(3)12(19-14)13(17)18/h9,11H,4-8H2,1-3H3,(H,17,18). The molecule has 1 aromatic rings. The lowest BCUT2D eigenvalue weighted by molar-refractivity contribution is 0.0701. The number of carbonyl (C=O) groups is 1. The number of aryl methyl sites for hydroxylation is 1. The molecule has 1 N–H and O–H groups in total. The van der Waals surface area contributed by atoms with E-state index in [1.165, 1.54) is 37.0 Å². The van der Waals surface area contributed by atoms with Gasteiger partial charge in [-0.05, 0) is 25.7 Å². The van der Waals surface area contributed by atoms with E-state index in [0.717, 1.165) is 11.7 Å². The molecule has 0 bridgehead atoms. The average Bonchev–Trinajstić information content (AvgIpc) is 2.94. The van der Waals surface area contributed by atoms with Crippen LogP contribution in [0.25, 0.3) is 0 Å². The van der Waals surface area contributed by atoms with Crippen LogP contribution in [0, 0.1) is 12.8 Å². The van der Waals surface area contributed by atoms with Crippen LogP contribution in [0.4, 0.5) is 5.13 Å². The van der Waals surface area contributed by atoms with Crippen LogP contribution in [-0.2, 0) is 0 Å². The second-order valence-corrected chi connectivity index (χ2v) is 6.68. The van der Waals surface area contributed by atoms with Crippen molar-refractivity contribution in [3.63, 3.8) is 0 Å². The predicted octanol–water partition coefficient (Wildman–Crippen LogP) is 3.55. The Morgan fingerprint density at radius 3 is 2.58 bits per heavy atom. The average molecular weight is 282 g/mol. The molecule has 106 valence electrons. The maximum atomic E-state index is 11.2. The lowest BCUT2D eigenvalue weighted by Crippen LogP contribution is -2.36. The molecule has 1 aliphatic rings. The zero-order valence-corrected chi connectivity index (χ0v) is 12.7. The molecule has 19 heavy (non-hydrogen) atoms. The van der Waals surface area contributed by atoms with Gasteiger partial charge in [0.2, 0.25) is 0 Å². The van der Waals surface area contributed by atoms with Crippen molar-refractivity contribution in [2.75, 3.05) is 11.4 Å². The number of nitrogens with zero attached hydrogens (tertiary/aromatic N) is 2. The minimum absolute atomic E-state index is 0.377. The zero-order chi connectivity index (χ0) is 14.0. The Balaban J connectivity index is 2.26. The molecule has 0 aliphatic heterocycles. The number of anilines is 1. The molecule has 0 spiro atoms. The third kappa shape index (κ3) is 3.26. The maximum absolute atomic E-state index is 11.2. The first kappa shape index (κ1) is 14.3. The molecule has 2 rings (SSSR count). The molecule has 4 nitrogen and oxygen atoms in total. The van der Waals surface area contributed by atoms with E-state index in [0.29, 0.717) is 22.5 Å². The van der Waals surface area contributed by atoms with E-state index in [9.17, 15) is 4.79 Å². The smallest absolute Gasteiger partial charge is 0.347 e. The first-order valence-corrected chi connectivity index (χ1v) is 7.78. The van der Waals surface area contributed by atoms with Gasteiger partial charge < -0.3 is 10.0 Å². The number of rotatable bonds is 5. The van der Waals surface area contributed by atoms with Gasteiger partial charge in [0.05, 0.1) is 5.69 Å². The normalized spacial score (nSPS) is 16.2. The summed E-state index contributed by atoms with van der Waals surface area (Å²) >= 11 is 1.32. The van der Waals surface area contributed by atoms with Crippen LogP contribution in [0.2, 0.25) is 0 Å². The van der Waals surface area contributed by atoms with E-state index in [4.69, 9.17) is 5.11 Å². The SMILES string of the molecule is Cc1nc(N(CC(C)C)C2CCCC2)sc1C(=O)O. The number of hydrogen-bond donors (Lipinski definition) is 1. The quantitative estimate of drug-likeness (QED) is 0.897. The number of aromatic carboxylic acids is 1. The van der Waals surface area contributed by atoms with E-state index >= 15 is 0 Å². The summed E-state index contributed by atoms with van der Waals surface area (Å²) < 4.78 is 0. The molecule has 1 fully saturated rings. The van der Waals surface area contributed by atoms with Gasteiger partial charge in [-0.25, -0.2) is 9.78 Å². The number of thiazole rings is 1. The number of hydrogen-bond acceptors (Lipinski definition) is 4. The second-order valence-electron chi connectivity index (χ2n) is 5.70. The first-order valence-electron chi connectivity index (χ1n) is 6.96. The summed E-state index contributed by atoms with van der Waals surface area (Å²) in [6.07, 6.45) is 4.95. The fourth-order valence-corrected chi connectivity index (χ4v) is 3.68. The summed E-state index contributed by atoms with van der Waals surface area (Å²) in [5.74, 6) is -0.310. The minimum Gasteiger partial charge on any atom is -0.477 e. The third-order valence-corrected chi connectivity index (χ3v) is 4.74. The predicted molar refractivity (Wildman–Crippen MR) is 78.3 cm³/mol. The highest BCUT2D eigenvalue weighted by Gasteiger charge is 2.27. The number of carboxylic acids is 1. The van der Waals surface area contributed by atoms with E-state index in [1.54, 1.807) is 6.92 Å². The molecule has 0 aromatic carbocycles. The summed E-state index contributed by atoms with van der Waals surface area (Å²) in [5.41, 5.74) is 0.638. The highest BCUT2D eigenvalue weighted by Crippen LogP contribution is 2.33. The largest absolute Gasteiger partial charge is 0.477 e. The summed E-state index contributed by atoms with van der Waals surface area (Å²) in [6.45, 7) is 7.13. The van der Waals surface area contributed by atoms with Crippen LogP contribution < -0.4 is 4.90 Å². The van der Waals surface area contributed by atoms with Crippen molar-refractivity contribution >= 4 is 22.4 Å². The van der Waals surface area contributed by atoms with Crippen molar-refractivity contribution in [3.05, 3.63) is 10.6 Å². The molecule has 0 amide bonds. The van der Waals surface area contributed by atoms with E-state index in [1.807, 2.05) is 0 Å². The second kappa shape index (κ2) is 5.90. The number of carboxylic acid groups (broad SMARTS) is 1. The molecule has 1 saturated carbocycles. The van der Waals surface area contributed by atoms with Crippen LogP contribution in [0.1, 0.15) is 54.9 Å². The van der Waals surface area contributed by atoms with Crippen LogP contribution in [-0.4, -0.2) is 28.6 Å². The third-order valence-electron chi connectivity index (χ3n) is 3.55. The molecule has 0 radical (unpaired) electrons. The molecule has 1 aliphatic carbocycles. The van der Waals surface area contributed by atoms with E-state index in [2.05, 4.69) is 23.7 Å². The summed E-state index contributed by atoms with van der Waals surface area (Å²) in [7, 11) is 0. The summed E-state index contributed by atoms with van der Waals surface area (Å²) in [6, 6.07) is 0.537. The van der Waals surface area contributed by atoms with Crippen molar-refractivity contribution in [2.24, 2.45) is 5.92 Å². The maximum Gasteiger partial charge on any atom is 0.347 e. The van der Waals surface area contributed by atoms with Gasteiger partial charge in [-0.2, -0.15) is 0 Å². The molecule has 0 atom stereocenters. The molecular formula is C14H22N2O2S. The highest BCUT2D eigenvalue weighted by molar-refractivity contribution is 7.17. The van der Waals surface area contributed by atoms with Crippen molar-refractivity contribution < 1.29 is 9.90 Å². The van der Waals surface area contributed by atoms with Gasteiger partial charge in [0.15, 0.2) is 5.13 Å². The van der Waals surface area contributed by atoms with E-state index < -0.39 is 5.97 Å². The molecule has 0 unspecified atom stereocenters. The van der Waals surface area contributed by atoms with Gasteiger partial charge in [-0.1, -0.05) is 38.0 Å². The van der Waals surface area contributed by atoms with Gasteiger partial charge in [0.25, 0.3) is 0 Å². The van der Waals surface area contributed by atoms with Crippen LogP contribution in [0.3, 0.4) is 0 Å². The van der Waals surface area contributed by atoms with Gasteiger partial charge in [-0.15, -0.1) is 0 Å². The molecular weight excluding hydrogens is 260 g/mol. The van der Waals surface area contributed by atoms with Crippen molar-refractivity contribution in [3.8, 4) is 0 Å². The Morgan fingerprint density at radius 1 is 1.47 bits per heavy atom. The van der Waals surface area contributed by atoms with Crippen molar-refractivity contribution in [1.29, 1.82) is 0 Å². The van der Waals surface area contributed by atoms with Crippen LogP contribution >= 0.6 is 11.3 Å². The fourth-order valence-electron chi connectivity index (χ4n) is 2.70. The lowest BCUT2D eigenvalue weighted by atomic mass is 10.1. The topological polar surface area (TPSA) is 53.4 Å². The lowest BCUT2D eigenvalue weighted by Gasteiger charge is -2.30. The van der Waals surface area contributed by atoms with Gasteiger partial charge in [0, 0.05) is 12.6 Å². The molecule has 0 saturated heterocycles. The van der Waals surface area contributed by atoms with Crippen molar-refractivity contribution in [1.82, 2.24) is 4.98 Å². The van der Waals surface area contributed by atoms with E-state index in [-0.39, 0.29) is 0 Å². The van der Waals surface area contributed by atoms with Crippen molar-refractivity contribution in [2.45, 2.75) is 52.5 Å². The molecule has 1 aromatic heterocycles. The fraction of sp³-hybridized carbons (Fsp3) is 0.714. The van der Waals surface area contributed by atoms with Gasteiger partial charge in [0.1, 0.15) is 4.88 Å². The van der Waals surface area contributed by atoms with Crippen LogP contribution in [0.15, 0.2) is 0 Å². The number of aromatic nitrogens is 1. The monoisotopic (exact) mass is 282 g/mol. The minimum atomic E-state index is -0.864. The summed E-state index contributed by atoms with van der Waals surface area (Å²) in [4.78, 5) is 18.4. The van der Waals surface area contributed by atoms with Gasteiger partial charge in [-0.3, -0.25) is 0 Å². The first-order chi connectivity index (χ1) is 8.99. The Labute approximate surface area is 118 Å². The van der Waals surface area contributed by atoms with Gasteiger partial charge >= 0.3 is 5.97 Å². The zero-order valence-electron chi connectivity index (χ0n) is 11.8. The Morgan fingerprint density at radius 2 is 2.11 bits per heavy atom. The van der Waals surface area contributed by atoms with Crippen LogP contribution in [0.5, 0.6) is 0 Å².